The monoisotopic (exact) mass is 319 g/mol. The number of carboxylic acid groups (broad SMARTS) is 1. The molecule has 0 aliphatic rings. The fourth-order valence-corrected chi connectivity index (χ4v) is 3.26. The molecule has 7 heteroatoms. The highest BCUT2D eigenvalue weighted by molar-refractivity contribution is 7.89. The van der Waals surface area contributed by atoms with Crippen LogP contribution in [-0.4, -0.2) is 31.3 Å². The number of sulfonamides is 1. The third kappa shape index (κ3) is 5.48. The molecule has 1 aromatic rings. The summed E-state index contributed by atoms with van der Waals surface area (Å²) in [6.45, 7) is 3.30. The average molecular weight is 320 g/mol. The quantitative estimate of drug-likeness (QED) is 0.804. The van der Waals surface area contributed by atoms with Crippen molar-refractivity contribution >= 4 is 27.6 Å². The molecule has 0 heterocycles. The Bertz CT molecular complexity index is 571. The molecule has 5 nitrogen and oxygen atoms in total. The first-order valence-electron chi connectivity index (χ1n) is 6.18. The van der Waals surface area contributed by atoms with E-state index in [1.807, 2.05) is 0 Å². The summed E-state index contributed by atoms with van der Waals surface area (Å²) >= 11 is 5.82. The molecule has 1 rings (SSSR count). The van der Waals surface area contributed by atoms with E-state index >= 15 is 0 Å². The second kappa shape index (κ2) is 7.06. The number of halogens is 1. The van der Waals surface area contributed by atoms with Gasteiger partial charge in [-0.15, -0.1) is 0 Å². The van der Waals surface area contributed by atoms with Gasteiger partial charge in [-0.1, -0.05) is 37.6 Å². The van der Waals surface area contributed by atoms with E-state index in [4.69, 9.17) is 16.7 Å². The maximum atomic E-state index is 11.9. The molecule has 0 fully saturated rings. The van der Waals surface area contributed by atoms with Gasteiger partial charge in [-0.3, -0.25) is 4.79 Å². The van der Waals surface area contributed by atoms with Gasteiger partial charge in [-0.25, -0.2) is 13.1 Å². The molecule has 0 aromatic heterocycles. The number of rotatable bonds is 7. The largest absolute Gasteiger partial charge is 0.480 e. The molecule has 0 amide bonds. The van der Waals surface area contributed by atoms with E-state index in [1.54, 1.807) is 38.1 Å². The predicted molar refractivity (Wildman–Crippen MR) is 78.3 cm³/mol. The van der Waals surface area contributed by atoms with Crippen LogP contribution in [0.15, 0.2) is 24.3 Å². The summed E-state index contributed by atoms with van der Waals surface area (Å²) in [5.74, 6) is -1.68. The van der Waals surface area contributed by atoms with Crippen LogP contribution in [0.2, 0.25) is 5.02 Å². The number of nitrogens with one attached hydrogen (secondary N) is 1. The Labute approximate surface area is 124 Å². The van der Waals surface area contributed by atoms with Crippen molar-refractivity contribution in [2.45, 2.75) is 26.3 Å². The molecule has 0 bridgehead atoms. The number of hydrogen-bond acceptors (Lipinski definition) is 3. The summed E-state index contributed by atoms with van der Waals surface area (Å²) < 4.78 is 26.0. The first kappa shape index (κ1) is 16.9. The lowest BCUT2D eigenvalue weighted by atomic mass is 10.1. The SMILES string of the molecule is CC(C)C(NS(=O)(=O)CCc1cccc(Cl)c1)C(=O)O. The lowest BCUT2D eigenvalue weighted by Crippen LogP contribution is -2.45. The van der Waals surface area contributed by atoms with Gasteiger partial charge in [0.1, 0.15) is 6.04 Å². The van der Waals surface area contributed by atoms with Crippen molar-refractivity contribution < 1.29 is 18.3 Å². The first-order valence-corrected chi connectivity index (χ1v) is 8.21. The molecule has 2 N–H and O–H groups in total. The topological polar surface area (TPSA) is 83.5 Å². The van der Waals surface area contributed by atoms with Crippen LogP contribution in [0.1, 0.15) is 19.4 Å². The zero-order chi connectivity index (χ0) is 15.3. The van der Waals surface area contributed by atoms with Gasteiger partial charge in [0.05, 0.1) is 5.75 Å². The molecule has 0 saturated heterocycles. The minimum Gasteiger partial charge on any atom is -0.480 e. The second-order valence-corrected chi connectivity index (χ2v) is 7.19. The van der Waals surface area contributed by atoms with Gasteiger partial charge < -0.3 is 5.11 Å². The van der Waals surface area contributed by atoms with Crippen molar-refractivity contribution in [2.24, 2.45) is 5.92 Å². The van der Waals surface area contributed by atoms with Crippen molar-refractivity contribution in [1.82, 2.24) is 4.72 Å². The number of aryl methyl sites for hydroxylation is 1. The molecular formula is C13H18ClNO4S. The van der Waals surface area contributed by atoms with E-state index in [2.05, 4.69) is 4.72 Å². The fourth-order valence-electron chi connectivity index (χ4n) is 1.67. The molecule has 0 aliphatic carbocycles. The maximum absolute atomic E-state index is 11.9. The van der Waals surface area contributed by atoms with Crippen LogP contribution in [0, 0.1) is 5.92 Å². The summed E-state index contributed by atoms with van der Waals surface area (Å²) in [6.07, 6.45) is 0.278. The van der Waals surface area contributed by atoms with Crippen LogP contribution in [0.3, 0.4) is 0 Å². The Morgan fingerprint density at radius 3 is 2.55 bits per heavy atom. The van der Waals surface area contributed by atoms with Gasteiger partial charge in [0.15, 0.2) is 0 Å². The third-order valence-corrected chi connectivity index (χ3v) is 4.38. The molecule has 0 spiro atoms. The first-order chi connectivity index (χ1) is 9.21. The second-order valence-electron chi connectivity index (χ2n) is 4.88. The average Bonchev–Trinajstić information content (AvgIpc) is 2.33. The van der Waals surface area contributed by atoms with Crippen LogP contribution in [0.4, 0.5) is 0 Å². The Hall–Kier alpha value is -1.11. The van der Waals surface area contributed by atoms with Gasteiger partial charge in [-0.2, -0.15) is 0 Å². The van der Waals surface area contributed by atoms with Gasteiger partial charge in [0.25, 0.3) is 0 Å². The Balaban J connectivity index is 2.68. The Morgan fingerprint density at radius 2 is 2.05 bits per heavy atom. The van der Waals surface area contributed by atoms with Gasteiger partial charge in [0, 0.05) is 5.02 Å². The highest BCUT2D eigenvalue weighted by atomic mass is 35.5. The van der Waals surface area contributed by atoms with E-state index in [1.165, 1.54) is 0 Å². The van der Waals surface area contributed by atoms with Crippen molar-refractivity contribution in [3.8, 4) is 0 Å². The fraction of sp³-hybridized carbons (Fsp3) is 0.462. The Kier molecular flexibility index (Phi) is 5.98. The van der Waals surface area contributed by atoms with E-state index in [0.717, 1.165) is 5.56 Å². The Morgan fingerprint density at radius 1 is 1.40 bits per heavy atom. The highest BCUT2D eigenvalue weighted by Crippen LogP contribution is 2.12. The smallest absolute Gasteiger partial charge is 0.321 e. The van der Waals surface area contributed by atoms with Crippen LogP contribution in [0.25, 0.3) is 0 Å². The minimum absolute atomic E-state index is 0.177. The number of hydrogen-bond donors (Lipinski definition) is 2. The zero-order valence-corrected chi connectivity index (χ0v) is 12.9. The van der Waals surface area contributed by atoms with Crippen molar-refractivity contribution in [1.29, 1.82) is 0 Å². The molecule has 0 saturated carbocycles. The number of carbonyl (C=O) groups is 1. The van der Waals surface area contributed by atoms with E-state index < -0.39 is 22.0 Å². The van der Waals surface area contributed by atoms with Gasteiger partial charge in [-0.05, 0) is 30.0 Å². The van der Waals surface area contributed by atoms with E-state index in [9.17, 15) is 13.2 Å². The molecule has 1 aromatic carbocycles. The van der Waals surface area contributed by atoms with E-state index in [-0.39, 0.29) is 18.1 Å². The lowest BCUT2D eigenvalue weighted by molar-refractivity contribution is -0.140. The molecule has 0 radical (unpaired) electrons. The van der Waals surface area contributed by atoms with Crippen molar-refractivity contribution in [3.05, 3.63) is 34.9 Å². The summed E-state index contributed by atoms with van der Waals surface area (Å²) in [4.78, 5) is 11.0. The summed E-state index contributed by atoms with van der Waals surface area (Å²) in [5, 5.41) is 9.52. The maximum Gasteiger partial charge on any atom is 0.321 e. The third-order valence-electron chi connectivity index (χ3n) is 2.79. The van der Waals surface area contributed by atoms with Crippen molar-refractivity contribution in [2.75, 3.05) is 5.75 Å². The summed E-state index contributed by atoms with van der Waals surface area (Å²) in [5.41, 5.74) is 0.791. The molecule has 1 unspecified atom stereocenters. The predicted octanol–water partition coefficient (Wildman–Crippen LogP) is 1.91. The molecule has 112 valence electrons. The normalized spacial score (nSPS) is 13.4. The van der Waals surface area contributed by atoms with Gasteiger partial charge >= 0.3 is 5.97 Å². The number of benzene rings is 1. The van der Waals surface area contributed by atoms with Crippen LogP contribution in [0.5, 0.6) is 0 Å². The molecule has 0 aliphatic heterocycles. The lowest BCUT2D eigenvalue weighted by Gasteiger charge is -2.17. The van der Waals surface area contributed by atoms with Crippen LogP contribution < -0.4 is 4.72 Å². The highest BCUT2D eigenvalue weighted by Gasteiger charge is 2.26. The number of carboxylic acids is 1. The molecular weight excluding hydrogens is 302 g/mol. The van der Waals surface area contributed by atoms with Gasteiger partial charge in [0.2, 0.25) is 10.0 Å². The minimum atomic E-state index is -3.66. The summed E-state index contributed by atoms with van der Waals surface area (Å²) in [7, 11) is -3.66. The standard InChI is InChI=1S/C13H18ClNO4S/c1-9(2)12(13(16)17)15-20(18,19)7-6-10-4-3-5-11(14)8-10/h3-5,8-9,12,15H,6-7H2,1-2H3,(H,16,17). The van der Waals surface area contributed by atoms with Crippen LogP contribution in [-0.2, 0) is 21.2 Å². The van der Waals surface area contributed by atoms with E-state index in [0.29, 0.717) is 5.02 Å². The molecule has 20 heavy (non-hydrogen) atoms. The number of aliphatic carboxylic acids is 1. The van der Waals surface area contributed by atoms with Crippen molar-refractivity contribution in [3.63, 3.8) is 0 Å². The zero-order valence-electron chi connectivity index (χ0n) is 11.3. The summed E-state index contributed by atoms with van der Waals surface area (Å²) in [6, 6.07) is 5.80. The molecule has 1 atom stereocenters. The van der Waals surface area contributed by atoms with Crippen LogP contribution >= 0.6 is 11.6 Å².